The number of benzene rings is 2. The van der Waals surface area contributed by atoms with Crippen LogP contribution in [0.15, 0.2) is 65.7 Å². The normalized spacial score (nSPS) is 19.6. The molecule has 0 saturated carbocycles. The minimum atomic E-state index is -0.601. The van der Waals surface area contributed by atoms with E-state index in [9.17, 15) is 4.79 Å². The second-order valence-electron chi connectivity index (χ2n) is 7.54. The van der Waals surface area contributed by atoms with Crippen LogP contribution in [0.25, 0.3) is 11.3 Å². The lowest BCUT2D eigenvalue weighted by molar-refractivity contribution is 0.0859. The highest BCUT2D eigenvalue weighted by molar-refractivity contribution is 6.13. The van der Waals surface area contributed by atoms with Gasteiger partial charge in [0.15, 0.2) is 5.78 Å². The van der Waals surface area contributed by atoms with Crippen molar-refractivity contribution in [3.05, 3.63) is 83.6 Å². The molecule has 140 valence electrons. The molecule has 28 heavy (non-hydrogen) atoms. The van der Waals surface area contributed by atoms with Crippen molar-refractivity contribution >= 4 is 5.78 Å². The maximum absolute atomic E-state index is 13.7. The first kappa shape index (κ1) is 17.0. The summed E-state index contributed by atoms with van der Waals surface area (Å²) in [7, 11) is 0. The molecule has 4 nitrogen and oxygen atoms in total. The number of nitrogens with zero attached hydrogens (tertiary/aromatic N) is 1. The summed E-state index contributed by atoms with van der Waals surface area (Å²) in [5.41, 5.74) is 3.61. The first-order valence-corrected chi connectivity index (χ1v) is 9.69. The van der Waals surface area contributed by atoms with Crippen LogP contribution in [-0.4, -0.2) is 10.9 Å². The number of hydrogen-bond acceptors (Lipinski definition) is 4. The maximum Gasteiger partial charge on any atom is 0.174 e. The Morgan fingerprint density at radius 1 is 1.18 bits per heavy atom. The topological polar surface area (TPSA) is 52.3 Å². The van der Waals surface area contributed by atoms with Gasteiger partial charge in [-0.05, 0) is 30.9 Å². The van der Waals surface area contributed by atoms with Crippen molar-refractivity contribution in [3.63, 3.8) is 0 Å². The molecule has 0 fully saturated rings. The number of aryl methyl sites for hydroxylation is 1. The van der Waals surface area contributed by atoms with Crippen LogP contribution in [0, 0.1) is 0 Å². The number of fused-ring (bicyclic) bond motifs is 2. The highest BCUT2D eigenvalue weighted by atomic mass is 16.5. The molecule has 0 N–H and O–H groups in total. The van der Waals surface area contributed by atoms with Crippen molar-refractivity contribution < 1.29 is 14.1 Å². The van der Waals surface area contributed by atoms with Crippen molar-refractivity contribution in [1.29, 1.82) is 0 Å². The molecule has 5 rings (SSSR count). The average molecular weight is 371 g/mol. The van der Waals surface area contributed by atoms with Gasteiger partial charge < -0.3 is 9.26 Å². The number of aromatic nitrogens is 1. The molecule has 2 aromatic carbocycles. The molecule has 1 heterocycles. The fraction of sp³-hybridized carbons (Fsp3) is 0.250. The monoisotopic (exact) mass is 371 g/mol. The minimum absolute atomic E-state index is 0.129. The number of carbonyl (C=O) groups is 1. The molecule has 1 aromatic heterocycles. The lowest BCUT2D eigenvalue weighted by Crippen LogP contribution is -2.41. The third-order valence-corrected chi connectivity index (χ3v) is 5.92. The van der Waals surface area contributed by atoms with Crippen LogP contribution >= 0.6 is 0 Å². The summed E-state index contributed by atoms with van der Waals surface area (Å²) in [5, 5.41) is 4.40. The van der Waals surface area contributed by atoms with Gasteiger partial charge in [-0.2, -0.15) is 0 Å². The third-order valence-electron chi connectivity index (χ3n) is 5.92. The Morgan fingerprint density at radius 3 is 2.86 bits per heavy atom. The molecule has 2 aliphatic rings. The fourth-order valence-corrected chi connectivity index (χ4v) is 4.68. The molecule has 0 amide bonds. The van der Waals surface area contributed by atoms with E-state index in [4.69, 9.17) is 9.26 Å². The Kier molecular flexibility index (Phi) is 3.93. The van der Waals surface area contributed by atoms with Crippen LogP contribution in [0.3, 0.4) is 0 Å². The van der Waals surface area contributed by atoms with E-state index in [1.165, 1.54) is 0 Å². The Labute approximate surface area is 163 Å². The van der Waals surface area contributed by atoms with Crippen molar-refractivity contribution in [2.75, 3.05) is 0 Å². The van der Waals surface area contributed by atoms with Gasteiger partial charge in [0.25, 0.3) is 0 Å². The van der Waals surface area contributed by atoms with E-state index in [0.717, 1.165) is 47.4 Å². The number of ketones is 1. The largest absolute Gasteiger partial charge is 0.488 e. The molecular weight excluding hydrogens is 350 g/mol. The van der Waals surface area contributed by atoms with Crippen LogP contribution in [0.1, 0.15) is 46.5 Å². The second kappa shape index (κ2) is 6.48. The molecule has 0 radical (unpaired) electrons. The van der Waals surface area contributed by atoms with Gasteiger partial charge in [-0.15, -0.1) is 6.58 Å². The molecule has 4 heteroatoms. The summed E-state index contributed by atoms with van der Waals surface area (Å²) >= 11 is 0. The number of hydrogen-bond donors (Lipinski definition) is 0. The maximum atomic E-state index is 13.7. The van der Waals surface area contributed by atoms with E-state index in [0.29, 0.717) is 24.3 Å². The van der Waals surface area contributed by atoms with Gasteiger partial charge in [0, 0.05) is 17.5 Å². The lowest BCUT2D eigenvalue weighted by Gasteiger charge is -2.38. The Balaban J connectivity index is 1.64. The molecule has 0 aliphatic heterocycles. The van der Waals surface area contributed by atoms with Gasteiger partial charge in [0.1, 0.15) is 23.8 Å². The van der Waals surface area contributed by atoms with E-state index in [2.05, 4.69) is 11.7 Å². The zero-order valence-corrected chi connectivity index (χ0v) is 15.6. The predicted octanol–water partition coefficient (Wildman–Crippen LogP) is 5.27. The predicted molar refractivity (Wildman–Crippen MR) is 106 cm³/mol. The van der Waals surface area contributed by atoms with Gasteiger partial charge in [-0.25, -0.2) is 0 Å². The number of Topliss-reactive ketones (excluding diaryl/α,β-unsaturated/α-hetero) is 1. The standard InChI is InChI=1S/C24H21NO3/c1-2-13-24-14-7-12-19-21(24)22(25-28-19)20-17(23(24)26)10-6-11-18(20)27-15-16-8-4-3-5-9-16/h2-6,8-11H,1,7,12-15H2/t24-/m1/s1. The molecule has 0 spiro atoms. The first-order chi connectivity index (χ1) is 13.7. The Hall–Kier alpha value is -3.14. The average Bonchev–Trinajstić information content (AvgIpc) is 3.17. The van der Waals surface area contributed by atoms with E-state index < -0.39 is 5.41 Å². The zero-order chi connectivity index (χ0) is 19.1. The van der Waals surface area contributed by atoms with Gasteiger partial charge in [0.05, 0.1) is 11.0 Å². The van der Waals surface area contributed by atoms with E-state index in [1.807, 2.05) is 54.6 Å². The van der Waals surface area contributed by atoms with E-state index in [1.54, 1.807) is 0 Å². The molecule has 2 aliphatic carbocycles. The fourth-order valence-electron chi connectivity index (χ4n) is 4.68. The molecule has 3 aromatic rings. The highest BCUT2D eigenvalue weighted by Gasteiger charge is 2.51. The summed E-state index contributed by atoms with van der Waals surface area (Å²) in [5.74, 6) is 1.63. The molecule has 0 saturated heterocycles. The van der Waals surface area contributed by atoms with Gasteiger partial charge in [-0.1, -0.05) is 53.7 Å². The van der Waals surface area contributed by atoms with E-state index in [-0.39, 0.29) is 5.78 Å². The van der Waals surface area contributed by atoms with Gasteiger partial charge >= 0.3 is 0 Å². The SMILES string of the molecule is C=CC[C@@]12CCCc3onc(c31)-c1c(OCc3ccccc3)cccc1C2=O. The third kappa shape index (κ3) is 2.37. The smallest absolute Gasteiger partial charge is 0.174 e. The van der Waals surface area contributed by atoms with E-state index >= 15 is 0 Å². The molecule has 1 atom stereocenters. The Morgan fingerprint density at radius 2 is 2.04 bits per heavy atom. The zero-order valence-electron chi connectivity index (χ0n) is 15.6. The molecule has 0 bridgehead atoms. The van der Waals surface area contributed by atoms with Gasteiger partial charge in [-0.3, -0.25) is 4.79 Å². The van der Waals surface area contributed by atoms with Gasteiger partial charge in [0.2, 0.25) is 0 Å². The summed E-state index contributed by atoms with van der Waals surface area (Å²) < 4.78 is 11.8. The number of allylic oxidation sites excluding steroid dienone is 1. The molecular formula is C24H21NO3. The number of rotatable bonds is 5. The van der Waals surface area contributed by atoms with Crippen LogP contribution in [0.2, 0.25) is 0 Å². The van der Waals surface area contributed by atoms with Crippen molar-refractivity contribution in [3.8, 4) is 17.0 Å². The molecule has 0 unspecified atom stereocenters. The Bertz CT molecular complexity index is 1070. The number of carbonyl (C=O) groups excluding carboxylic acids is 1. The van der Waals surface area contributed by atoms with Crippen molar-refractivity contribution in [2.24, 2.45) is 0 Å². The summed E-state index contributed by atoms with van der Waals surface area (Å²) in [4.78, 5) is 13.7. The lowest BCUT2D eigenvalue weighted by atomic mass is 9.61. The summed E-state index contributed by atoms with van der Waals surface area (Å²) in [6.45, 7) is 4.34. The first-order valence-electron chi connectivity index (χ1n) is 9.69. The minimum Gasteiger partial charge on any atom is -0.488 e. The van der Waals surface area contributed by atoms with Crippen molar-refractivity contribution in [2.45, 2.75) is 37.7 Å². The summed E-state index contributed by atoms with van der Waals surface area (Å²) in [6.07, 6.45) is 4.97. The highest BCUT2D eigenvalue weighted by Crippen LogP contribution is 2.53. The second-order valence-corrected chi connectivity index (χ2v) is 7.54. The van der Waals surface area contributed by atoms with Crippen molar-refractivity contribution in [1.82, 2.24) is 5.16 Å². The summed E-state index contributed by atoms with van der Waals surface area (Å²) in [6, 6.07) is 15.7. The van der Waals surface area contributed by atoms with Crippen LogP contribution < -0.4 is 4.74 Å². The number of ether oxygens (including phenoxy) is 1. The van der Waals surface area contributed by atoms with Crippen LogP contribution in [0.5, 0.6) is 5.75 Å². The quantitative estimate of drug-likeness (QED) is 0.574. The van der Waals surface area contributed by atoms with Crippen LogP contribution in [0.4, 0.5) is 0 Å². The van der Waals surface area contributed by atoms with Crippen LogP contribution in [-0.2, 0) is 18.4 Å².